The second kappa shape index (κ2) is 9.07. The molecule has 1 aromatic carbocycles. The van der Waals surface area contributed by atoms with Gasteiger partial charge in [-0.1, -0.05) is 18.2 Å². The summed E-state index contributed by atoms with van der Waals surface area (Å²) in [6.45, 7) is 0. The minimum Gasteiger partial charge on any atom is -0.454 e. The first kappa shape index (κ1) is 19.4. The van der Waals surface area contributed by atoms with Crippen LogP contribution in [0.15, 0.2) is 88.2 Å². The number of nitrogens with zero attached hydrogens (tertiary/aromatic N) is 2. The molecule has 6 heteroatoms. The fraction of sp³-hybridized carbons (Fsp3) is 0. The summed E-state index contributed by atoms with van der Waals surface area (Å²) in [5.74, 6) is 0.619. The van der Waals surface area contributed by atoms with Gasteiger partial charge in [-0.15, -0.1) is 0 Å². The number of rotatable bonds is 4. The van der Waals surface area contributed by atoms with Crippen LogP contribution in [-0.4, -0.2) is 22.5 Å². The van der Waals surface area contributed by atoms with Crippen LogP contribution < -0.4 is 0 Å². The van der Waals surface area contributed by atoms with E-state index in [0.29, 0.717) is 22.6 Å². The lowest BCUT2D eigenvalue weighted by Gasteiger charge is -1.97. The number of carbonyl (C=O) groups excluding carboxylic acids is 2. The molecule has 0 aliphatic heterocycles. The predicted molar refractivity (Wildman–Crippen MR) is 118 cm³/mol. The third kappa shape index (κ3) is 4.24. The molecule has 0 fully saturated rings. The number of para-hydroxylation sites is 1. The molecule has 0 unspecified atom stereocenters. The number of pyridine rings is 2. The largest absolute Gasteiger partial charge is 0.454 e. The fourth-order valence-electron chi connectivity index (χ4n) is 2.91. The molecule has 5 aromatic rings. The van der Waals surface area contributed by atoms with E-state index in [0.717, 1.165) is 34.8 Å². The van der Waals surface area contributed by atoms with Gasteiger partial charge in [0.05, 0.1) is 5.69 Å². The lowest BCUT2D eigenvalue weighted by Crippen LogP contribution is -1.88. The highest BCUT2D eigenvalue weighted by Gasteiger charge is 2.10. The van der Waals surface area contributed by atoms with Crippen molar-refractivity contribution in [2.24, 2.45) is 0 Å². The zero-order valence-electron chi connectivity index (χ0n) is 15.8. The molecule has 0 bridgehead atoms. The molecule has 30 heavy (non-hydrogen) atoms. The highest BCUT2D eigenvalue weighted by Crippen LogP contribution is 2.27. The van der Waals surface area contributed by atoms with Gasteiger partial charge in [-0.2, -0.15) is 11.3 Å². The molecule has 0 saturated carbocycles. The summed E-state index contributed by atoms with van der Waals surface area (Å²) in [6.07, 6.45) is 4.92. The molecular formula is C24H16N2O3S. The molecule has 0 aliphatic carbocycles. The van der Waals surface area contributed by atoms with Gasteiger partial charge in [0.2, 0.25) is 0 Å². The first-order valence-corrected chi connectivity index (χ1v) is 10.1. The maximum absolute atomic E-state index is 10.9. The number of fused-ring (bicyclic) bond motifs is 1. The summed E-state index contributed by atoms with van der Waals surface area (Å²) in [6, 6.07) is 18.5. The Labute approximate surface area is 176 Å². The molecule has 0 spiro atoms. The van der Waals surface area contributed by atoms with Crippen LogP contribution in [0, 0.1) is 0 Å². The maximum Gasteiger partial charge on any atom is 0.154 e. The van der Waals surface area contributed by atoms with Crippen molar-refractivity contribution in [2.45, 2.75) is 0 Å². The molecule has 0 atom stereocenters. The van der Waals surface area contributed by atoms with E-state index in [1.807, 2.05) is 47.2 Å². The molecule has 5 rings (SSSR count). The summed E-state index contributed by atoms with van der Waals surface area (Å²) >= 11 is 1.62. The van der Waals surface area contributed by atoms with Crippen molar-refractivity contribution in [1.29, 1.82) is 0 Å². The van der Waals surface area contributed by atoms with Gasteiger partial charge in [-0.3, -0.25) is 19.6 Å². The number of furan rings is 1. The van der Waals surface area contributed by atoms with Gasteiger partial charge >= 0.3 is 0 Å². The first-order chi connectivity index (χ1) is 14.8. The zero-order valence-corrected chi connectivity index (χ0v) is 16.6. The van der Waals surface area contributed by atoms with Crippen LogP contribution in [0.4, 0.5) is 0 Å². The van der Waals surface area contributed by atoms with Gasteiger partial charge in [-0.25, -0.2) is 0 Å². The Balaban J connectivity index is 0.000000151. The standard InChI is InChI=1S/C14H9NO2.C10H7NOS/c16-9-11-5-3-7-15-14(11)13-8-10-4-1-2-6-12(10)17-13;12-6-8-1-3-11-10(5-8)9-2-4-13-7-9/h1-9H;1-7H. The third-order valence-electron chi connectivity index (χ3n) is 4.36. The zero-order chi connectivity index (χ0) is 20.8. The Kier molecular flexibility index (Phi) is 5.87. The highest BCUT2D eigenvalue weighted by atomic mass is 32.1. The molecule has 4 aromatic heterocycles. The number of carbonyl (C=O) groups is 2. The van der Waals surface area contributed by atoms with Gasteiger partial charge in [0.25, 0.3) is 0 Å². The van der Waals surface area contributed by atoms with Gasteiger partial charge < -0.3 is 4.42 Å². The van der Waals surface area contributed by atoms with Crippen LogP contribution >= 0.6 is 11.3 Å². The van der Waals surface area contributed by atoms with Crippen molar-refractivity contribution in [3.8, 4) is 22.7 Å². The number of hydrogen-bond acceptors (Lipinski definition) is 6. The van der Waals surface area contributed by atoms with Crippen LogP contribution in [0.1, 0.15) is 20.7 Å². The average molecular weight is 412 g/mol. The molecular weight excluding hydrogens is 396 g/mol. The number of thiophene rings is 1. The molecule has 5 nitrogen and oxygen atoms in total. The van der Waals surface area contributed by atoms with Crippen LogP contribution in [-0.2, 0) is 0 Å². The summed E-state index contributed by atoms with van der Waals surface area (Å²) in [7, 11) is 0. The van der Waals surface area contributed by atoms with Crippen LogP contribution in [0.25, 0.3) is 33.7 Å². The normalized spacial score (nSPS) is 10.3. The predicted octanol–water partition coefficient (Wildman–Crippen LogP) is 5.93. The molecule has 0 aliphatic rings. The molecule has 0 amide bonds. The first-order valence-electron chi connectivity index (χ1n) is 9.11. The summed E-state index contributed by atoms with van der Waals surface area (Å²) in [4.78, 5) is 29.8. The number of benzene rings is 1. The van der Waals surface area contributed by atoms with Crippen molar-refractivity contribution in [1.82, 2.24) is 9.97 Å². The molecule has 0 N–H and O–H groups in total. The molecule has 146 valence electrons. The Morgan fingerprint density at radius 1 is 0.867 bits per heavy atom. The Morgan fingerprint density at radius 2 is 1.77 bits per heavy atom. The van der Waals surface area contributed by atoms with E-state index in [1.165, 1.54) is 0 Å². The SMILES string of the molecule is O=Cc1cccnc1-c1cc2ccccc2o1.O=Cc1ccnc(-c2ccsc2)c1. The molecule has 0 radical (unpaired) electrons. The molecule has 0 saturated heterocycles. The van der Waals surface area contributed by atoms with Crippen LogP contribution in [0.2, 0.25) is 0 Å². The van der Waals surface area contributed by atoms with E-state index in [2.05, 4.69) is 9.97 Å². The van der Waals surface area contributed by atoms with E-state index in [1.54, 1.807) is 48.0 Å². The van der Waals surface area contributed by atoms with Crippen molar-refractivity contribution < 1.29 is 14.0 Å². The minimum atomic E-state index is 0.534. The van der Waals surface area contributed by atoms with E-state index in [-0.39, 0.29) is 0 Å². The Bertz CT molecular complexity index is 1260. The van der Waals surface area contributed by atoms with E-state index in [4.69, 9.17) is 4.42 Å². The lowest BCUT2D eigenvalue weighted by atomic mass is 10.1. The van der Waals surface area contributed by atoms with Gasteiger partial charge in [-0.05, 0) is 47.8 Å². The Morgan fingerprint density at radius 3 is 2.53 bits per heavy atom. The fourth-order valence-corrected chi connectivity index (χ4v) is 3.56. The van der Waals surface area contributed by atoms with Crippen molar-refractivity contribution in [2.75, 3.05) is 0 Å². The second-order valence-corrected chi connectivity index (χ2v) is 7.09. The highest BCUT2D eigenvalue weighted by molar-refractivity contribution is 7.08. The van der Waals surface area contributed by atoms with Crippen LogP contribution in [0.3, 0.4) is 0 Å². The summed E-state index contributed by atoms with van der Waals surface area (Å²) in [5, 5.41) is 5.01. The average Bonchev–Trinajstić information content (AvgIpc) is 3.49. The minimum absolute atomic E-state index is 0.534. The van der Waals surface area contributed by atoms with E-state index in [9.17, 15) is 9.59 Å². The number of hydrogen-bond donors (Lipinski definition) is 0. The maximum atomic E-state index is 10.9. The third-order valence-corrected chi connectivity index (χ3v) is 5.05. The topological polar surface area (TPSA) is 73.1 Å². The van der Waals surface area contributed by atoms with E-state index < -0.39 is 0 Å². The van der Waals surface area contributed by atoms with Gasteiger partial charge in [0.1, 0.15) is 17.6 Å². The van der Waals surface area contributed by atoms with Crippen LogP contribution in [0.5, 0.6) is 0 Å². The quantitative estimate of drug-likeness (QED) is 0.342. The number of aromatic nitrogens is 2. The lowest BCUT2D eigenvalue weighted by molar-refractivity contribution is 0.111. The van der Waals surface area contributed by atoms with Crippen molar-refractivity contribution in [3.05, 3.63) is 94.9 Å². The van der Waals surface area contributed by atoms with Gasteiger partial charge in [0.15, 0.2) is 12.0 Å². The smallest absolute Gasteiger partial charge is 0.154 e. The van der Waals surface area contributed by atoms with Gasteiger partial charge in [0, 0.05) is 39.9 Å². The second-order valence-electron chi connectivity index (χ2n) is 6.31. The summed E-state index contributed by atoms with van der Waals surface area (Å²) < 4.78 is 5.68. The van der Waals surface area contributed by atoms with Crippen molar-refractivity contribution >= 4 is 34.9 Å². The molecule has 4 heterocycles. The summed E-state index contributed by atoms with van der Waals surface area (Å²) in [5.41, 5.74) is 4.49. The van der Waals surface area contributed by atoms with E-state index >= 15 is 0 Å². The number of aldehydes is 2. The van der Waals surface area contributed by atoms with Crippen molar-refractivity contribution in [3.63, 3.8) is 0 Å². The Hall–Kier alpha value is -3.90. The monoisotopic (exact) mass is 412 g/mol.